The molecule has 0 spiro atoms. The first kappa shape index (κ1) is 12.1. The molecule has 0 aliphatic heterocycles. The maximum absolute atomic E-state index is 12.4. The van der Waals surface area contributed by atoms with Crippen LogP contribution in [0.4, 0.5) is 0 Å². The summed E-state index contributed by atoms with van der Waals surface area (Å²) < 4.78 is 0. The molecule has 1 aromatic heterocycles. The molecule has 2 unspecified atom stereocenters. The molecule has 0 N–H and O–H groups in total. The summed E-state index contributed by atoms with van der Waals surface area (Å²) >= 11 is 7.52. The van der Waals surface area contributed by atoms with Gasteiger partial charge in [-0.15, -0.1) is 11.3 Å². The monoisotopic (exact) mass is 256 g/mol. The third-order valence-corrected chi connectivity index (χ3v) is 4.97. The van der Waals surface area contributed by atoms with Crippen LogP contribution in [-0.2, 0) is 0 Å². The summed E-state index contributed by atoms with van der Waals surface area (Å²) in [4.78, 5) is 13.1. The molecule has 1 nitrogen and oxygen atoms in total. The largest absolute Gasteiger partial charge is 0.293 e. The topological polar surface area (TPSA) is 17.1 Å². The summed E-state index contributed by atoms with van der Waals surface area (Å²) in [5, 5.41) is 2.54. The van der Waals surface area contributed by atoms with E-state index < -0.39 is 0 Å². The summed E-state index contributed by atoms with van der Waals surface area (Å²) in [7, 11) is 0. The fraction of sp³-hybridized carbons (Fsp3) is 0.615. The van der Waals surface area contributed by atoms with Gasteiger partial charge in [0.25, 0.3) is 0 Å². The lowest BCUT2D eigenvalue weighted by Gasteiger charge is -2.29. The van der Waals surface area contributed by atoms with Crippen molar-refractivity contribution < 1.29 is 4.79 Å². The Bertz CT molecular complexity index is 372. The molecule has 1 aromatic rings. The number of Topliss-reactive ketones (excluding diaryl/α,β-unsaturated/α-hetero) is 1. The Morgan fingerprint density at radius 3 is 2.88 bits per heavy atom. The molecule has 1 saturated carbocycles. The molecule has 1 aliphatic carbocycles. The third-order valence-electron chi connectivity index (χ3n) is 3.61. The van der Waals surface area contributed by atoms with Crippen LogP contribution in [-0.4, -0.2) is 5.78 Å². The highest BCUT2D eigenvalue weighted by Crippen LogP contribution is 2.36. The number of hydrogen-bond acceptors (Lipinski definition) is 2. The van der Waals surface area contributed by atoms with Crippen LogP contribution in [0.3, 0.4) is 0 Å². The molecule has 2 atom stereocenters. The molecule has 0 bridgehead atoms. The van der Waals surface area contributed by atoms with Gasteiger partial charge < -0.3 is 0 Å². The predicted octanol–water partition coefficient (Wildman–Crippen LogP) is 4.80. The molecular weight excluding hydrogens is 240 g/mol. The molecule has 0 radical (unpaired) electrons. The highest BCUT2D eigenvalue weighted by atomic mass is 35.5. The summed E-state index contributed by atoms with van der Waals surface area (Å²) in [6, 6.07) is 1.82. The van der Waals surface area contributed by atoms with Crippen LogP contribution in [0, 0.1) is 11.8 Å². The highest BCUT2D eigenvalue weighted by molar-refractivity contribution is 7.12. The quantitative estimate of drug-likeness (QED) is 0.710. The van der Waals surface area contributed by atoms with Crippen molar-refractivity contribution in [1.29, 1.82) is 0 Å². The van der Waals surface area contributed by atoms with Gasteiger partial charge in [-0.05, 0) is 30.2 Å². The van der Waals surface area contributed by atoms with E-state index in [1.54, 1.807) is 0 Å². The minimum Gasteiger partial charge on any atom is -0.293 e. The van der Waals surface area contributed by atoms with Crippen LogP contribution >= 0.6 is 22.9 Å². The van der Waals surface area contributed by atoms with Crippen LogP contribution in [0.1, 0.15) is 48.7 Å². The first-order valence-electron chi connectivity index (χ1n) is 6.01. The van der Waals surface area contributed by atoms with Gasteiger partial charge in [0.15, 0.2) is 5.78 Å². The molecule has 0 amide bonds. The number of carbonyl (C=O) groups is 1. The van der Waals surface area contributed by atoms with E-state index in [1.807, 2.05) is 11.4 Å². The summed E-state index contributed by atoms with van der Waals surface area (Å²) in [5.74, 6) is 1.07. The Morgan fingerprint density at radius 2 is 2.25 bits per heavy atom. The molecule has 2 rings (SSSR count). The second-order valence-corrected chi connectivity index (χ2v) is 5.84. The third kappa shape index (κ3) is 2.33. The lowest BCUT2D eigenvalue weighted by atomic mass is 9.75. The standard InChI is InChI=1S/C13H17ClOS/c1-2-9-5-3-4-6-10(9)12(15)13-11(14)7-8-16-13/h7-10H,2-6H2,1H3. The van der Waals surface area contributed by atoms with Gasteiger partial charge >= 0.3 is 0 Å². The lowest BCUT2D eigenvalue weighted by Crippen LogP contribution is -2.26. The first-order valence-corrected chi connectivity index (χ1v) is 7.27. The van der Waals surface area contributed by atoms with Crippen molar-refractivity contribution in [2.24, 2.45) is 11.8 Å². The maximum Gasteiger partial charge on any atom is 0.177 e. The van der Waals surface area contributed by atoms with E-state index in [2.05, 4.69) is 6.92 Å². The first-order chi connectivity index (χ1) is 7.74. The summed E-state index contributed by atoms with van der Waals surface area (Å²) in [6.45, 7) is 2.19. The molecule has 88 valence electrons. The van der Waals surface area contributed by atoms with E-state index in [-0.39, 0.29) is 11.7 Å². The molecule has 3 heteroatoms. The zero-order valence-corrected chi connectivity index (χ0v) is 11.1. The average Bonchev–Trinajstić information content (AvgIpc) is 2.74. The van der Waals surface area contributed by atoms with E-state index in [0.717, 1.165) is 17.7 Å². The molecule has 1 heterocycles. The van der Waals surface area contributed by atoms with E-state index >= 15 is 0 Å². The Balaban J connectivity index is 2.17. The minimum atomic E-state index is 0.217. The predicted molar refractivity (Wildman–Crippen MR) is 69.4 cm³/mol. The van der Waals surface area contributed by atoms with Gasteiger partial charge in [0.2, 0.25) is 0 Å². The average molecular weight is 257 g/mol. The van der Waals surface area contributed by atoms with Crippen molar-refractivity contribution in [2.45, 2.75) is 39.0 Å². The SMILES string of the molecule is CCC1CCCCC1C(=O)c1sccc1Cl. The minimum absolute atomic E-state index is 0.217. The number of carbonyl (C=O) groups excluding carboxylic acids is 1. The highest BCUT2D eigenvalue weighted by Gasteiger charge is 2.31. The molecule has 1 aliphatic rings. The second-order valence-electron chi connectivity index (χ2n) is 4.52. The molecule has 1 fully saturated rings. The van der Waals surface area contributed by atoms with Crippen molar-refractivity contribution in [3.8, 4) is 0 Å². The van der Waals surface area contributed by atoms with E-state index in [0.29, 0.717) is 10.9 Å². The van der Waals surface area contributed by atoms with Crippen molar-refractivity contribution in [3.05, 3.63) is 21.3 Å². The zero-order chi connectivity index (χ0) is 11.5. The Kier molecular flexibility index (Phi) is 4.04. The van der Waals surface area contributed by atoms with E-state index in [9.17, 15) is 4.79 Å². The zero-order valence-electron chi connectivity index (χ0n) is 9.54. The van der Waals surface area contributed by atoms with Crippen molar-refractivity contribution >= 4 is 28.7 Å². The van der Waals surface area contributed by atoms with Crippen LogP contribution in [0.2, 0.25) is 5.02 Å². The van der Waals surface area contributed by atoms with Gasteiger partial charge in [-0.3, -0.25) is 4.79 Å². The van der Waals surface area contributed by atoms with Crippen LogP contribution < -0.4 is 0 Å². The Hall–Kier alpha value is -0.340. The van der Waals surface area contributed by atoms with Gasteiger partial charge in [0, 0.05) is 5.92 Å². The summed E-state index contributed by atoms with van der Waals surface area (Å²) in [6.07, 6.45) is 5.83. The lowest BCUT2D eigenvalue weighted by molar-refractivity contribution is 0.0825. The smallest absolute Gasteiger partial charge is 0.177 e. The fourth-order valence-corrected chi connectivity index (χ4v) is 3.83. The van der Waals surface area contributed by atoms with Crippen LogP contribution in [0.5, 0.6) is 0 Å². The number of rotatable bonds is 3. The van der Waals surface area contributed by atoms with Crippen molar-refractivity contribution in [2.75, 3.05) is 0 Å². The Morgan fingerprint density at radius 1 is 1.50 bits per heavy atom. The normalized spacial score (nSPS) is 25.6. The number of hydrogen-bond donors (Lipinski definition) is 0. The van der Waals surface area contributed by atoms with Crippen molar-refractivity contribution in [1.82, 2.24) is 0 Å². The number of thiophene rings is 1. The Labute approximate surface area is 106 Å². The van der Waals surface area contributed by atoms with Gasteiger partial charge in [-0.25, -0.2) is 0 Å². The molecule has 16 heavy (non-hydrogen) atoms. The van der Waals surface area contributed by atoms with Gasteiger partial charge in [0.1, 0.15) is 0 Å². The fourth-order valence-electron chi connectivity index (χ4n) is 2.68. The second kappa shape index (κ2) is 5.33. The van der Waals surface area contributed by atoms with Gasteiger partial charge in [-0.1, -0.05) is 37.8 Å². The van der Waals surface area contributed by atoms with Gasteiger partial charge in [0.05, 0.1) is 9.90 Å². The van der Waals surface area contributed by atoms with E-state index in [1.165, 1.54) is 30.6 Å². The van der Waals surface area contributed by atoms with E-state index in [4.69, 9.17) is 11.6 Å². The molecule has 0 saturated heterocycles. The molecule has 0 aromatic carbocycles. The number of ketones is 1. The number of halogens is 1. The van der Waals surface area contributed by atoms with Crippen molar-refractivity contribution in [3.63, 3.8) is 0 Å². The summed E-state index contributed by atoms with van der Waals surface area (Å²) in [5.41, 5.74) is 0. The van der Waals surface area contributed by atoms with Crippen LogP contribution in [0.25, 0.3) is 0 Å². The van der Waals surface area contributed by atoms with Gasteiger partial charge in [-0.2, -0.15) is 0 Å². The van der Waals surface area contributed by atoms with Crippen LogP contribution in [0.15, 0.2) is 11.4 Å². The molecular formula is C13H17ClOS. The maximum atomic E-state index is 12.4.